The van der Waals surface area contributed by atoms with Gasteiger partial charge < -0.3 is 15.9 Å². The summed E-state index contributed by atoms with van der Waals surface area (Å²) in [5.74, 6) is -12.0. The number of carbonyl (C=O) groups excluding carboxylic acids is 5. The molecular weight excluding hydrogens is 497 g/mol. The van der Waals surface area contributed by atoms with E-state index in [4.69, 9.17) is 5.73 Å². The number of benzene rings is 1. The molecule has 2 unspecified atom stereocenters. The molecule has 10 nitrogen and oxygen atoms in total. The molecule has 2 fully saturated rings. The number of amides is 1. The number of likely N-dealkylation sites (N-methyl/N-ethyl adjacent to an activating group) is 1. The smallest absolute Gasteiger partial charge is 0.235 e. The number of nitrogens with two attached hydrogens (primary N) is 1. The molecule has 0 bridgehead atoms. The number of phenolic OH excluding ortho intramolecular Hbond substituents is 1. The summed E-state index contributed by atoms with van der Waals surface area (Å²) >= 11 is 0. The van der Waals surface area contributed by atoms with Gasteiger partial charge in [-0.05, 0) is 53.1 Å². The number of fused-ring (bicyclic) bond motifs is 4. The first-order valence-electron chi connectivity index (χ1n) is 12.9. The summed E-state index contributed by atoms with van der Waals surface area (Å²) in [6.07, 6.45) is 0.121. The van der Waals surface area contributed by atoms with E-state index in [1.54, 1.807) is 0 Å². The topological polar surface area (TPSA) is 158 Å². The average Bonchev–Trinajstić information content (AvgIpc) is 2.83. The molecule has 0 radical (unpaired) electrons. The number of aromatic hydroxyl groups is 1. The zero-order valence-electron chi connectivity index (χ0n) is 21.8. The molecule has 1 amide bonds. The predicted octanol–water partition coefficient (Wildman–Crippen LogP) is -0.227. The van der Waals surface area contributed by atoms with Crippen molar-refractivity contribution in [1.29, 1.82) is 0 Å². The number of phenols is 1. The molecule has 1 heterocycles. The van der Waals surface area contributed by atoms with E-state index in [1.165, 1.54) is 19.0 Å². The lowest BCUT2D eigenvalue weighted by atomic mass is 9.52. The third-order valence-electron chi connectivity index (χ3n) is 9.11. The van der Waals surface area contributed by atoms with Crippen molar-refractivity contribution in [2.45, 2.75) is 57.3 Å². The quantitative estimate of drug-likeness (QED) is 0.450. The molecule has 4 N–H and O–H groups in total. The van der Waals surface area contributed by atoms with Crippen molar-refractivity contribution in [3.05, 3.63) is 28.1 Å². The molecule has 4 aliphatic rings. The Morgan fingerprint density at radius 2 is 1.79 bits per heavy atom. The highest BCUT2D eigenvalue weighted by Gasteiger charge is 2.69. The summed E-state index contributed by atoms with van der Waals surface area (Å²) in [6, 6.07) is -1.05. The maximum absolute atomic E-state index is 16.0. The number of ketones is 4. The van der Waals surface area contributed by atoms with E-state index < -0.39 is 70.2 Å². The van der Waals surface area contributed by atoms with E-state index in [0.717, 1.165) is 0 Å². The number of aliphatic hydroxyl groups is 1. The van der Waals surface area contributed by atoms with Crippen molar-refractivity contribution >= 4 is 29.0 Å². The lowest BCUT2D eigenvalue weighted by Crippen LogP contribution is -2.74. The molecular formula is C27H32FN3O7. The third-order valence-corrected chi connectivity index (χ3v) is 9.11. The Bertz CT molecular complexity index is 1310. The third kappa shape index (κ3) is 3.37. The first-order valence-corrected chi connectivity index (χ1v) is 12.9. The van der Waals surface area contributed by atoms with Crippen LogP contribution in [0.25, 0.3) is 0 Å². The number of nitrogens with zero attached hydrogens (tertiary/aromatic N) is 2. The largest absolute Gasteiger partial charge is 0.507 e. The number of primary amides is 1. The van der Waals surface area contributed by atoms with Gasteiger partial charge in [-0.2, -0.15) is 0 Å². The molecule has 1 aromatic rings. The van der Waals surface area contributed by atoms with Crippen LogP contribution in [0.5, 0.6) is 5.75 Å². The highest BCUT2D eigenvalue weighted by molar-refractivity contribution is 6.32. The van der Waals surface area contributed by atoms with Crippen molar-refractivity contribution in [3.63, 3.8) is 0 Å². The fourth-order valence-corrected chi connectivity index (χ4v) is 7.21. The second-order valence-corrected chi connectivity index (χ2v) is 11.6. The summed E-state index contributed by atoms with van der Waals surface area (Å²) in [5.41, 5.74) is 2.90. The SMILES string of the molecule is CC(C)N1CCc2c(O)c3c(c(F)c2C1)C[C@H]1C[C@H]2[C@H](N(C)C)C(=O)C(C(N)=O)C(=O)[C@@]2(O)C(=O)C1C3=O. The van der Waals surface area contributed by atoms with Gasteiger partial charge in [0.1, 0.15) is 11.6 Å². The monoisotopic (exact) mass is 529 g/mol. The highest BCUT2D eigenvalue weighted by Crippen LogP contribution is 2.52. The lowest BCUT2D eigenvalue weighted by molar-refractivity contribution is -0.181. The van der Waals surface area contributed by atoms with Crippen LogP contribution in [0, 0.1) is 29.5 Å². The van der Waals surface area contributed by atoms with Crippen molar-refractivity contribution < 1.29 is 38.6 Å². The summed E-state index contributed by atoms with van der Waals surface area (Å²) in [7, 11) is 3.03. The van der Waals surface area contributed by atoms with Crippen molar-refractivity contribution in [2.24, 2.45) is 29.4 Å². The van der Waals surface area contributed by atoms with Crippen LogP contribution in [0.2, 0.25) is 0 Å². The van der Waals surface area contributed by atoms with Gasteiger partial charge in [0, 0.05) is 41.7 Å². The van der Waals surface area contributed by atoms with Gasteiger partial charge in [0.25, 0.3) is 0 Å². The number of carbonyl (C=O) groups is 5. The molecule has 1 aliphatic heterocycles. The standard InChI is InChI=1S/C27H32FN3O7/c1-10(2)31-6-5-12-14(9-31)19(28)13-7-11-8-15-20(30(3)4)23(34)18(26(29)37)25(36)27(15,38)24(35)16(11)22(33)17(13)21(12)32/h10-11,15-16,18,20,32,38H,5-9H2,1-4H3,(H2,29,37)/t11-,15-,16?,18?,20-,27-/m0/s1. The van der Waals surface area contributed by atoms with Crippen LogP contribution in [0.3, 0.4) is 0 Å². The van der Waals surface area contributed by atoms with Gasteiger partial charge in [-0.3, -0.25) is 33.8 Å². The molecule has 0 aromatic heterocycles. The van der Waals surface area contributed by atoms with Gasteiger partial charge >= 0.3 is 0 Å². The number of hydrogen-bond acceptors (Lipinski definition) is 9. The molecule has 38 heavy (non-hydrogen) atoms. The van der Waals surface area contributed by atoms with Crippen LogP contribution in [-0.4, -0.2) is 87.4 Å². The van der Waals surface area contributed by atoms with Gasteiger partial charge in [-0.15, -0.1) is 0 Å². The second-order valence-electron chi connectivity index (χ2n) is 11.6. The average molecular weight is 530 g/mol. The van der Waals surface area contributed by atoms with E-state index in [-0.39, 0.29) is 42.3 Å². The maximum Gasteiger partial charge on any atom is 0.235 e. The first-order chi connectivity index (χ1) is 17.7. The van der Waals surface area contributed by atoms with Crippen LogP contribution in [0.15, 0.2) is 0 Å². The van der Waals surface area contributed by atoms with Crippen molar-refractivity contribution in [2.75, 3.05) is 20.6 Å². The van der Waals surface area contributed by atoms with Crippen LogP contribution >= 0.6 is 0 Å². The molecule has 5 rings (SSSR count). The molecule has 0 spiro atoms. The molecule has 3 aliphatic carbocycles. The maximum atomic E-state index is 16.0. The van der Waals surface area contributed by atoms with Gasteiger partial charge in [-0.25, -0.2) is 4.39 Å². The highest BCUT2D eigenvalue weighted by atomic mass is 19.1. The van der Waals surface area contributed by atoms with E-state index in [1.807, 2.05) is 13.8 Å². The Kier molecular flexibility index (Phi) is 6.12. The fourth-order valence-electron chi connectivity index (χ4n) is 7.21. The molecule has 204 valence electrons. The van der Waals surface area contributed by atoms with E-state index in [9.17, 15) is 34.2 Å². The van der Waals surface area contributed by atoms with E-state index >= 15 is 4.39 Å². The van der Waals surface area contributed by atoms with E-state index in [0.29, 0.717) is 24.1 Å². The van der Waals surface area contributed by atoms with E-state index in [2.05, 4.69) is 4.90 Å². The molecule has 6 atom stereocenters. The van der Waals surface area contributed by atoms with Crippen LogP contribution in [-0.2, 0) is 38.6 Å². The number of halogens is 1. The van der Waals surface area contributed by atoms with Gasteiger partial charge in [0.2, 0.25) is 5.91 Å². The second kappa shape index (κ2) is 8.75. The molecule has 11 heteroatoms. The predicted molar refractivity (Wildman–Crippen MR) is 131 cm³/mol. The zero-order valence-corrected chi connectivity index (χ0v) is 21.8. The lowest BCUT2D eigenvalue weighted by Gasteiger charge is -2.52. The number of hydrogen-bond donors (Lipinski definition) is 3. The Balaban J connectivity index is 1.63. The summed E-state index contributed by atoms with van der Waals surface area (Å²) in [6.45, 7) is 4.80. The van der Waals surface area contributed by atoms with Crippen molar-refractivity contribution in [3.8, 4) is 5.75 Å². The molecule has 0 saturated heterocycles. The minimum absolute atomic E-state index is 0.0150. The zero-order chi connectivity index (χ0) is 28.0. The van der Waals surface area contributed by atoms with Gasteiger partial charge in [-0.1, -0.05) is 0 Å². The first kappa shape index (κ1) is 26.6. The minimum Gasteiger partial charge on any atom is -0.507 e. The van der Waals surface area contributed by atoms with Gasteiger partial charge in [0.15, 0.2) is 34.7 Å². The van der Waals surface area contributed by atoms with Crippen molar-refractivity contribution in [1.82, 2.24) is 9.80 Å². The van der Waals surface area contributed by atoms with Crippen LogP contribution < -0.4 is 5.73 Å². The van der Waals surface area contributed by atoms with Crippen LogP contribution in [0.1, 0.15) is 47.3 Å². The number of Topliss-reactive ketones (excluding diaryl/α,β-unsaturated/α-hetero) is 4. The van der Waals surface area contributed by atoms with Crippen LogP contribution in [0.4, 0.5) is 4.39 Å². The fraction of sp³-hybridized carbons (Fsp3) is 0.593. The Hall–Kier alpha value is -3.02. The Morgan fingerprint density at radius 1 is 1.13 bits per heavy atom. The minimum atomic E-state index is -2.79. The Labute approximate surface area is 218 Å². The summed E-state index contributed by atoms with van der Waals surface area (Å²) in [5, 5.41) is 22.7. The van der Waals surface area contributed by atoms with Gasteiger partial charge in [0.05, 0.1) is 17.5 Å². The Morgan fingerprint density at radius 3 is 2.37 bits per heavy atom. The molecule has 2 saturated carbocycles. The summed E-state index contributed by atoms with van der Waals surface area (Å²) < 4.78 is 16.0. The normalized spacial score (nSPS) is 33.2. The number of rotatable bonds is 3. The summed E-state index contributed by atoms with van der Waals surface area (Å²) in [4.78, 5) is 69.6. The molecule has 1 aromatic carbocycles.